The summed E-state index contributed by atoms with van der Waals surface area (Å²) in [6, 6.07) is 10.9. The van der Waals surface area contributed by atoms with Crippen molar-refractivity contribution in [3.63, 3.8) is 0 Å². The fraction of sp³-hybridized carbons (Fsp3) is 0.474. The van der Waals surface area contributed by atoms with Gasteiger partial charge >= 0.3 is 0 Å². The quantitative estimate of drug-likeness (QED) is 0.776. The van der Waals surface area contributed by atoms with Gasteiger partial charge in [-0.2, -0.15) is 0 Å². The van der Waals surface area contributed by atoms with E-state index >= 15 is 0 Å². The Bertz CT molecular complexity index is 891. The van der Waals surface area contributed by atoms with Gasteiger partial charge in [0, 0.05) is 27.0 Å². The average molecular weight is 425 g/mol. The van der Waals surface area contributed by atoms with E-state index in [2.05, 4.69) is 53.7 Å². The molecule has 0 saturated carbocycles. The van der Waals surface area contributed by atoms with E-state index in [1.807, 2.05) is 24.3 Å². The van der Waals surface area contributed by atoms with Crippen molar-refractivity contribution in [3.05, 3.63) is 40.9 Å². The SMILES string of the molecule is CC1(C)CC(NS(=O)(=O)c2ccc(Br)c3ccccc23)CC(C)(C)N1. The maximum atomic E-state index is 13.1. The second kappa shape index (κ2) is 6.34. The Balaban J connectivity index is 1.97. The van der Waals surface area contributed by atoms with Gasteiger partial charge in [-0.15, -0.1) is 0 Å². The molecule has 1 saturated heterocycles. The van der Waals surface area contributed by atoms with Crippen LogP contribution in [0.1, 0.15) is 40.5 Å². The van der Waals surface area contributed by atoms with Crippen molar-refractivity contribution in [3.8, 4) is 0 Å². The first-order valence-corrected chi connectivity index (χ1v) is 10.8. The molecule has 0 aromatic heterocycles. The molecule has 1 heterocycles. The third-order valence-electron chi connectivity index (χ3n) is 4.63. The zero-order valence-corrected chi connectivity index (χ0v) is 17.5. The molecule has 2 aromatic rings. The number of benzene rings is 2. The molecule has 6 heteroatoms. The topological polar surface area (TPSA) is 58.2 Å². The van der Waals surface area contributed by atoms with E-state index in [0.717, 1.165) is 28.1 Å². The summed E-state index contributed by atoms with van der Waals surface area (Å²) < 4.78 is 30.0. The van der Waals surface area contributed by atoms with Crippen molar-refractivity contribution >= 4 is 36.7 Å². The number of hydrogen-bond acceptors (Lipinski definition) is 3. The highest BCUT2D eigenvalue weighted by Gasteiger charge is 2.39. The summed E-state index contributed by atoms with van der Waals surface area (Å²) in [5.41, 5.74) is -0.229. The highest BCUT2D eigenvalue weighted by atomic mass is 79.9. The normalized spacial score (nSPS) is 20.7. The molecule has 0 atom stereocenters. The number of sulfonamides is 1. The minimum atomic E-state index is -3.60. The third kappa shape index (κ3) is 4.08. The molecule has 1 fully saturated rings. The summed E-state index contributed by atoms with van der Waals surface area (Å²) in [7, 11) is -3.60. The van der Waals surface area contributed by atoms with E-state index in [1.54, 1.807) is 12.1 Å². The predicted octanol–water partition coefficient (Wildman–Crippen LogP) is 4.19. The fourth-order valence-electron chi connectivity index (χ4n) is 4.16. The lowest BCUT2D eigenvalue weighted by molar-refractivity contribution is 0.157. The maximum Gasteiger partial charge on any atom is 0.241 e. The van der Waals surface area contributed by atoms with Crippen LogP contribution < -0.4 is 10.0 Å². The molecule has 136 valence electrons. The summed E-state index contributed by atoms with van der Waals surface area (Å²) in [5.74, 6) is 0. The van der Waals surface area contributed by atoms with Crippen LogP contribution in [0.2, 0.25) is 0 Å². The standard InChI is InChI=1S/C19H25BrN2O2S/c1-18(2)11-13(12-19(3,4)22-18)21-25(23,24)17-10-9-16(20)14-7-5-6-8-15(14)17/h5-10,13,21-22H,11-12H2,1-4H3. The van der Waals surface area contributed by atoms with Crippen LogP contribution in [-0.4, -0.2) is 25.5 Å². The fourth-order valence-corrected chi connectivity index (χ4v) is 6.08. The molecular weight excluding hydrogens is 400 g/mol. The smallest absolute Gasteiger partial charge is 0.241 e. The van der Waals surface area contributed by atoms with Crippen LogP contribution in [0.3, 0.4) is 0 Å². The summed E-state index contributed by atoms with van der Waals surface area (Å²) in [6.45, 7) is 8.46. The molecular formula is C19H25BrN2O2S. The Hall–Kier alpha value is -0.950. The molecule has 0 amide bonds. The first-order valence-electron chi connectivity index (χ1n) is 8.48. The van der Waals surface area contributed by atoms with Crippen LogP contribution in [0.25, 0.3) is 10.8 Å². The van der Waals surface area contributed by atoms with E-state index < -0.39 is 10.0 Å². The summed E-state index contributed by atoms with van der Waals surface area (Å²) in [5, 5.41) is 5.22. The molecule has 0 radical (unpaired) electrons. The summed E-state index contributed by atoms with van der Waals surface area (Å²) >= 11 is 3.50. The van der Waals surface area contributed by atoms with Crippen LogP contribution >= 0.6 is 15.9 Å². The van der Waals surface area contributed by atoms with Gasteiger partial charge in [-0.05, 0) is 58.1 Å². The summed E-state index contributed by atoms with van der Waals surface area (Å²) in [6.07, 6.45) is 1.51. The van der Waals surface area contributed by atoms with Crippen LogP contribution in [0.4, 0.5) is 0 Å². The molecule has 2 N–H and O–H groups in total. The Labute approximate surface area is 158 Å². The van der Waals surface area contributed by atoms with E-state index in [1.165, 1.54) is 0 Å². The predicted molar refractivity (Wildman–Crippen MR) is 106 cm³/mol. The van der Waals surface area contributed by atoms with E-state index in [-0.39, 0.29) is 17.1 Å². The lowest BCUT2D eigenvalue weighted by Crippen LogP contribution is -2.62. The first-order chi connectivity index (χ1) is 11.5. The lowest BCUT2D eigenvalue weighted by atomic mass is 9.80. The second-order valence-electron chi connectivity index (χ2n) is 8.21. The molecule has 2 aromatic carbocycles. The maximum absolute atomic E-state index is 13.1. The van der Waals surface area contributed by atoms with Crippen LogP contribution in [0.15, 0.2) is 45.8 Å². The molecule has 25 heavy (non-hydrogen) atoms. The van der Waals surface area contributed by atoms with Gasteiger partial charge < -0.3 is 5.32 Å². The van der Waals surface area contributed by atoms with Crippen LogP contribution in [0, 0.1) is 0 Å². The minimum Gasteiger partial charge on any atom is -0.307 e. The molecule has 0 bridgehead atoms. The molecule has 3 rings (SSSR count). The Morgan fingerprint density at radius 1 is 1.00 bits per heavy atom. The van der Waals surface area contributed by atoms with Crippen molar-refractivity contribution < 1.29 is 8.42 Å². The number of nitrogens with one attached hydrogen (secondary N) is 2. The Morgan fingerprint density at radius 3 is 2.16 bits per heavy atom. The first kappa shape index (κ1) is 18.8. The number of piperidine rings is 1. The minimum absolute atomic E-state index is 0.0985. The molecule has 0 spiro atoms. The van der Waals surface area contributed by atoms with Crippen LogP contribution in [0.5, 0.6) is 0 Å². The van der Waals surface area contributed by atoms with Crippen molar-refractivity contribution in [2.75, 3.05) is 0 Å². The van der Waals surface area contributed by atoms with E-state index in [9.17, 15) is 8.42 Å². The molecule has 4 nitrogen and oxygen atoms in total. The lowest BCUT2D eigenvalue weighted by Gasteiger charge is -2.46. The van der Waals surface area contributed by atoms with Gasteiger partial charge in [-0.3, -0.25) is 0 Å². The van der Waals surface area contributed by atoms with Crippen molar-refractivity contribution in [1.29, 1.82) is 0 Å². The highest BCUT2D eigenvalue weighted by Crippen LogP contribution is 2.32. The average Bonchev–Trinajstić information content (AvgIpc) is 2.43. The van der Waals surface area contributed by atoms with Gasteiger partial charge in [0.1, 0.15) is 0 Å². The number of fused-ring (bicyclic) bond motifs is 1. The van der Waals surface area contributed by atoms with Gasteiger partial charge in [0.05, 0.1) is 4.90 Å². The number of halogens is 1. The van der Waals surface area contributed by atoms with Gasteiger partial charge in [0.25, 0.3) is 0 Å². The molecule has 1 aliphatic rings. The Morgan fingerprint density at radius 2 is 1.56 bits per heavy atom. The largest absolute Gasteiger partial charge is 0.307 e. The second-order valence-corrected chi connectivity index (χ2v) is 10.7. The monoisotopic (exact) mass is 424 g/mol. The molecule has 0 aliphatic carbocycles. The number of hydrogen-bond donors (Lipinski definition) is 2. The van der Waals surface area contributed by atoms with Gasteiger partial charge in [0.2, 0.25) is 10.0 Å². The Kier molecular flexibility index (Phi) is 4.77. The number of rotatable bonds is 3. The van der Waals surface area contributed by atoms with Gasteiger partial charge in [-0.1, -0.05) is 40.2 Å². The van der Waals surface area contributed by atoms with Crippen molar-refractivity contribution in [1.82, 2.24) is 10.0 Å². The van der Waals surface area contributed by atoms with Gasteiger partial charge in [0.15, 0.2) is 0 Å². The molecule has 0 unspecified atom stereocenters. The third-order valence-corrected chi connectivity index (χ3v) is 6.90. The highest BCUT2D eigenvalue weighted by molar-refractivity contribution is 9.10. The van der Waals surface area contributed by atoms with E-state index in [0.29, 0.717) is 4.90 Å². The summed E-state index contributed by atoms with van der Waals surface area (Å²) in [4.78, 5) is 0.334. The van der Waals surface area contributed by atoms with Crippen molar-refractivity contribution in [2.24, 2.45) is 0 Å². The van der Waals surface area contributed by atoms with Gasteiger partial charge in [-0.25, -0.2) is 13.1 Å². The van der Waals surface area contributed by atoms with E-state index in [4.69, 9.17) is 0 Å². The zero-order valence-electron chi connectivity index (χ0n) is 15.1. The zero-order chi connectivity index (χ0) is 18.5. The van der Waals surface area contributed by atoms with Crippen molar-refractivity contribution in [2.45, 2.75) is 62.6 Å². The molecule has 1 aliphatic heterocycles. The van der Waals surface area contributed by atoms with Crippen LogP contribution in [-0.2, 0) is 10.0 Å².